The van der Waals surface area contributed by atoms with Gasteiger partial charge in [0.15, 0.2) is 6.04 Å². The topological polar surface area (TPSA) is 28.2 Å². The minimum Gasteiger partial charge on any atom is -0.370 e. The van der Waals surface area contributed by atoms with E-state index in [4.69, 9.17) is 0 Å². The van der Waals surface area contributed by atoms with Gasteiger partial charge in [0.05, 0.1) is 17.0 Å². The molecule has 6 heteroatoms. The molecule has 0 bridgehead atoms. The summed E-state index contributed by atoms with van der Waals surface area (Å²) in [4.78, 5) is 16.1. The first-order valence-corrected chi connectivity index (χ1v) is 16.0. The van der Waals surface area contributed by atoms with Crippen molar-refractivity contribution in [1.29, 1.82) is 0 Å². The maximum Gasteiger partial charge on any atom is 0.271 e. The molecule has 5 aliphatic rings. The summed E-state index contributed by atoms with van der Waals surface area (Å²) in [7, 11) is 2.21. The average Bonchev–Trinajstić information content (AvgIpc) is 3.40. The highest BCUT2D eigenvalue weighted by Gasteiger charge is 2.51. The number of nitrogens with zero attached hydrogens (tertiary/aromatic N) is 3. The van der Waals surface area contributed by atoms with E-state index >= 15 is 0 Å². The fraction of sp³-hybridized carbons (Fsp3) is 0.724. The quantitative estimate of drug-likeness (QED) is 0.562. The van der Waals surface area contributed by atoms with E-state index in [0.717, 1.165) is 45.1 Å². The molecule has 6 unspecified atom stereocenters. The van der Waals surface area contributed by atoms with Gasteiger partial charge in [-0.2, -0.15) is 0 Å². The Morgan fingerprint density at radius 2 is 1.86 bits per heavy atom. The van der Waals surface area contributed by atoms with Crippen molar-refractivity contribution in [2.45, 2.75) is 102 Å². The molecular weight excluding hydrogens is 470 g/mol. The predicted molar refractivity (Wildman–Crippen MR) is 150 cm³/mol. The third kappa shape index (κ3) is 4.11. The third-order valence-corrected chi connectivity index (χ3v) is 12.3. The van der Waals surface area contributed by atoms with E-state index in [1.165, 1.54) is 69.3 Å². The summed E-state index contributed by atoms with van der Waals surface area (Å²) in [5.74, 6) is 2.45. The molecule has 3 fully saturated rings. The number of likely N-dealkylation sites (N-methyl/N-ethyl adjacent to an activating group) is 1. The van der Waals surface area contributed by atoms with Crippen LogP contribution < -0.4 is 14.8 Å². The van der Waals surface area contributed by atoms with Crippen LogP contribution in [0.3, 0.4) is 0 Å². The van der Waals surface area contributed by atoms with Crippen LogP contribution in [0.2, 0.25) is 0 Å². The molecule has 1 aromatic heterocycles. The first-order valence-electron chi connectivity index (χ1n) is 14.3. The van der Waals surface area contributed by atoms with E-state index in [1.807, 2.05) is 4.57 Å². The first kappa shape index (κ1) is 24.1. The fourth-order valence-electron chi connectivity index (χ4n) is 7.98. The van der Waals surface area contributed by atoms with Gasteiger partial charge in [0, 0.05) is 25.6 Å². The SMILES string of the molecule is CCn1c(=CC2=[N+](CC)C3C(CCC4CCCCC43)S2)s/c(=C2\C=CC3CCCCC3N2C)c1=O. The molecule has 4 nitrogen and oxygen atoms in total. The number of aromatic nitrogens is 1. The second kappa shape index (κ2) is 9.89. The zero-order chi connectivity index (χ0) is 24.1. The van der Waals surface area contributed by atoms with Crippen LogP contribution in [0, 0.1) is 17.8 Å². The fourth-order valence-corrected chi connectivity index (χ4v) is 10.9. The summed E-state index contributed by atoms with van der Waals surface area (Å²) in [6, 6.07) is 1.25. The smallest absolute Gasteiger partial charge is 0.271 e. The van der Waals surface area contributed by atoms with Crippen LogP contribution in [0.5, 0.6) is 0 Å². The Hall–Kier alpha value is -1.27. The average molecular weight is 513 g/mol. The molecule has 35 heavy (non-hydrogen) atoms. The Balaban J connectivity index is 1.43. The van der Waals surface area contributed by atoms with E-state index in [1.54, 1.807) is 11.3 Å². The van der Waals surface area contributed by atoms with E-state index in [2.05, 4.69) is 60.4 Å². The van der Waals surface area contributed by atoms with E-state index in [0.29, 0.717) is 18.0 Å². The molecule has 0 radical (unpaired) electrons. The zero-order valence-electron chi connectivity index (χ0n) is 21.7. The van der Waals surface area contributed by atoms with Gasteiger partial charge in [0.1, 0.15) is 15.7 Å². The molecule has 190 valence electrons. The van der Waals surface area contributed by atoms with Crippen LogP contribution >= 0.6 is 23.1 Å². The molecule has 2 aliphatic heterocycles. The van der Waals surface area contributed by atoms with Crippen molar-refractivity contribution in [2.24, 2.45) is 17.8 Å². The van der Waals surface area contributed by atoms with Gasteiger partial charge in [0.25, 0.3) is 5.56 Å². The van der Waals surface area contributed by atoms with Gasteiger partial charge in [-0.1, -0.05) is 31.8 Å². The van der Waals surface area contributed by atoms with Crippen LogP contribution in [0.25, 0.3) is 11.8 Å². The number of thiazole rings is 1. The standard InChI is InChI=1S/C29H42N3OS2/c1-4-31-25(34-24-17-15-19-10-6-8-12-21(19)27(24)31)18-26-32(5-2)29(33)28(35-26)23-16-14-20-11-7-9-13-22(20)30(23)3/h14,16,18-22,24,27H,4-13,15,17H2,1-3H3/q+1/b28-23+. The summed E-state index contributed by atoms with van der Waals surface area (Å²) in [6.07, 6.45) is 20.7. The molecule has 0 amide bonds. The van der Waals surface area contributed by atoms with Crippen molar-refractivity contribution in [3.63, 3.8) is 0 Å². The first-order chi connectivity index (χ1) is 17.1. The lowest BCUT2D eigenvalue weighted by molar-refractivity contribution is -0.569. The second-order valence-electron chi connectivity index (χ2n) is 11.4. The lowest BCUT2D eigenvalue weighted by atomic mass is 9.68. The molecule has 0 saturated heterocycles. The van der Waals surface area contributed by atoms with Gasteiger partial charge in [0.2, 0.25) is 5.04 Å². The molecule has 3 heterocycles. The maximum absolute atomic E-state index is 13.6. The maximum atomic E-state index is 13.6. The number of hydrogen-bond acceptors (Lipinski definition) is 4. The van der Waals surface area contributed by atoms with E-state index < -0.39 is 0 Å². The predicted octanol–water partition coefficient (Wildman–Crippen LogP) is 4.39. The number of rotatable bonds is 3. The van der Waals surface area contributed by atoms with Gasteiger partial charge in [-0.05, 0) is 82.0 Å². The van der Waals surface area contributed by atoms with Gasteiger partial charge in [-0.25, -0.2) is 4.58 Å². The van der Waals surface area contributed by atoms with Gasteiger partial charge < -0.3 is 4.90 Å². The molecule has 0 spiro atoms. The van der Waals surface area contributed by atoms with Crippen LogP contribution in [0.1, 0.15) is 78.1 Å². The lowest BCUT2D eigenvalue weighted by Gasteiger charge is -2.41. The summed E-state index contributed by atoms with van der Waals surface area (Å²) < 4.78 is 6.80. The van der Waals surface area contributed by atoms with Crippen molar-refractivity contribution in [1.82, 2.24) is 9.47 Å². The minimum atomic E-state index is 0.195. The van der Waals surface area contributed by atoms with Crippen molar-refractivity contribution in [2.75, 3.05) is 13.6 Å². The molecule has 0 aromatic carbocycles. The Morgan fingerprint density at radius 1 is 1.06 bits per heavy atom. The lowest BCUT2D eigenvalue weighted by Crippen LogP contribution is -2.46. The van der Waals surface area contributed by atoms with Crippen molar-refractivity contribution in [3.05, 3.63) is 31.7 Å². The Kier molecular flexibility index (Phi) is 6.81. The van der Waals surface area contributed by atoms with E-state index in [9.17, 15) is 4.79 Å². The highest BCUT2D eigenvalue weighted by molar-refractivity contribution is 8.15. The summed E-state index contributed by atoms with van der Waals surface area (Å²) in [6.45, 7) is 6.25. The Bertz CT molecular complexity index is 1210. The molecular formula is C29H42N3OS2+. The van der Waals surface area contributed by atoms with Crippen molar-refractivity contribution >= 4 is 39.9 Å². The largest absolute Gasteiger partial charge is 0.370 e. The highest BCUT2D eigenvalue weighted by Crippen LogP contribution is 2.48. The molecule has 0 N–H and O–H groups in total. The highest BCUT2D eigenvalue weighted by atomic mass is 32.2. The molecule has 1 aromatic rings. The zero-order valence-corrected chi connectivity index (χ0v) is 23.4. The van der Waals surface area contributed by atoms with Gasteiger partial charge >= 0.3 is 0 Å². The third-order valence-electron chi connectivity index (χ3n) is 9.73. The van der Waals surface area contributed by atoms with Crippen molar-refractivity contribution in [3.8, 4) is 0 Å². The number of hydrogen-bond donors (Lipinski definition) is 0. The summed E-state index contributed by atoms with van der Waals surface area (Å²) >= 11 is 3.83. The normalized spacial score (nSPS) is 36.9. The summed E-state index contributed by atoms with van der Waals surface area (Å²) in [5.41, 5.74) is 1.33. The van der Waals surface area contributed by atoms with Crippen LogP contribution in [-0.4, -0.2) is 50.0 Å². The monoisotopic (exact) mass is 512 g/mol. The Labute approximate surface area is 218 Å². The van der Waals surface area contributed by atoms with Gasteiger partial charge in [-0.15, -0.1) is 11.3 Å². The molecule has 6 atom stereocenters. The Morgan fingerprint density at radius 3 is 2.69 bits per heavy atom. The van der Waals surface area contributed by atoms with Crippen LogP contribution in [0.4, 0.5) is 0 Å². The minimum absolute atomic E-state index is 0.195. The van der Waals surface area contributed by atoms with E-state index in [-0.39, 0.29) is 5.56 Å². The molecule has 3 aliphatic carbocycles. The number of thioether (sulfide) groups is 1. The molecule has 6 rings (SSSR count). The van der Waals surface area contributed by atoms with Gasteiger partial charge in [-0.3, -0.25) is 9.36 Å². The molecule has 3 saturated carbocycles. The van der Waals surface area contributed by atoms with Crippen LogP contribution in [-0.2, 0) is 6.54 Å². The summed E-state index contributed by atoms with van der Waals surface area (Å²) in [5, 5.41) is 2.14. The number of fused-ring (bicyclic) bond motifs is 4. The second-order valence-corrected chi connectivity index (χ2v) is 13.7. The van der Waals surface area contributed by atoms with Crippen LogP contribution in [0.15, 0.2) is 16.9 Å². The van der Waals surface area contributed by atoms with Crippen molar-refractivity contribution < 1.29 is 4.58 Å².